The molecule has 1 saturated heterocycles. The van der Waals surface area contributed by atoms with Crippen LogP contribution in [0.4, 0.5) is 0 Å². The summed E-state index contributed by atoms with van der Waals surface area (Å²) in [6, 6.07) is 6.82. The van der Waals surface area contributed by atoms with E-state index in [-0.39, 0.29) is 12.6 Å². The fourth-order valence-electron chi connectivity index (χ4n) is 1.76. The molecule has 2 unspecified atom stereocenters. The van der Waals surface area contributed by atoms with Crippen molar-refractivity contribution in [3.63, 3.8) is 0 Å². The highest BCUT2D eigenvalue weighted by Gasteiger charge is 2.29. The first-order valence-electron chi connectivity index (χ1n) is 5.48. The molecule has 2 N–H and O–H groups in total. The molecular formula is C12H14ClNO3. The van der Waals surface area contributed by atoms with Crippen molar-refractivity contribution in [2.45, 2.75) is 25.2 Å². The van der Waals surface area contributed by atoms with Crippen molar-refractivity contribution in [1.82, 2.24) is 5.32 Å². The Morgan fingerprint density at radius 1 is 1.53 bits per heavy atom. The molecule has 1 aliphatic rings. The first-order valence-corrected chi connectivity index (χ1v) is 5.86. The van der Waals surface area contributed by atoms with Gasteiger partial charge in [-0.1, -0.05) is 29.8 Å². The Morgan fingerprint density at radius 3 is 2.94 bits per heavy atom. The van der Waals surface area contributed by atoms with Crippen LogP contribution in [0, 0.1) is 0 Å². The molecule has 1 aliphatic heterocycles. The number of esters is 1. The number of aliphatic hydroxyl groups is 1. The van der Waals surface area contributed by atoms with Gasteiger partial charge in [0.1, 0.15) is 12.6 Å². The van der Waals surface area contributed by atoms with Gasteiger partial charge in [-0.25, -0.2) is 0 Å². The zero-order valence-corrected chi connectivity index (χ0v) is 9.98. The highest BCUT2D eigenvalue weighted by atomic mass is 35.5. The molecule has 0 saturated carbocycles. The first kappa shape index (κ1) is 12.4. The molecule has 0 spiro atoms. The highest BCUT2D eigenvalue weighted by molar-refractivity contribution is 6.31. The molecule has 5 heteroatoms. The number of nitrogens with one attached hydrogen (secondary N) is 1. The smallest absolute Gasteiger partial charge is 0.323 e. The number of rotatable bonds is 3. The van der Waals surface area contributed by atoms with Crippen molar-refractivity contribution in [3.8, 4) is 0 Å². The van der Waals surface area contributed by atoms with E-state index in [1.807, 2.05) is 18.2 Å². The van der Waals surface area contributed by atoms with E-state index in [1.54, 1.807) is 6.07 Å². The number of carbonyl (C=O) groups is 1. The van der Waals surface area contributed by atoms with Crippen LogP contribution in [-0.2, 0) is 16.1 Å². The second-order valence-corrected chi connectivity index (χ2v) is 4.46. The van der Waals surface area contributed by atoms with Crippen LogP contribution in [0.2, 0.25) is 5.02 Å². The maximum atomic E-state index is 11.6. The third-order valence-corrected chi connectivity index (χ3v) is 3.09. The Labute approximate surface area is 105 Å². The van der Waals surface area contributed by atoms with E-state index >= 15 is 0 Å². The van der Waals surface area contributed by atoms with E-state index in [0.717, 1.165) is 5.56 Å². The second-order valence-electron chi connectivity index (χ2n) is 4.05. The maximum Gasteiger partial charge on any atom is 0.323 e. The summed E-state index contributed by atoms with van der Waals surface area (Å²) < 4.78 is 5.14. The molecule has 92 valence electrons. The Kier molecular flexibility index (Phi) is 3.99. The number of hydrogen-bond donors (Lipinski definition) is 2. The van der Waals surface area contributed by atoms with Crippen LogP contribution >= 0.6 is 11.6 Å². The quantitative estimate of drug-likeness (QED) is 0.795. The number of halogens is 1. The van der Waals surface area contributed by atoms with Crippen LogP contribution in [0.3, 0.4) is 0 Å². The lowest BCUT2D eigenvalue weighted by atomic mass is 10.2. The summed E-state index contributed by atoms with van der Waals surface area (Å²) in [5.74, 6) is -0.346. The number of hydrogen-bond acceptors (Lipinski definition) is 4. The number of carbonyl (C=O) groups excluding carboxylic acids is 1. The monoisotopic (exact) mass is 255 g/mol. The summed E-state index contributed by atoms with van der Waals surface area (Å²) in [6.07, 6.45) is -0.0608. The summed E-state index contributed by atoms with van der Waals surface area (Å²) >= 11 is 5.94. The fourth-order valence-corrected chi connectivity index (χ4v) is 1.95. The van der Waals surface area contributed by atoms with Crippen molar-refractivity contribution in [2.75, 3.05) is 6.54 Å². The molecule has 0 aliphatic carbocycles. The van der Waals surface area contributed by atoms with Gasteiger partial charge in [-0.2, -0.15) is 0 Å². The number of aliphatic hydroxyl groups excluding tert-OH is 1. The maximum absolute atomic E-state index is 11.6. The molecule has 1 heterocycles. The van der Waals surface area contributed by atoms with Gasteiger partial charge < -0.3 is 15.2 Å². The Hall–Kier alpha value is -1.10. The molecular weight excluding hydrogens is 242 g/mol. The van der Waals surface area contributed by atoms with Crippen LogP contribution in [0.15, 0.2) is 24.3 Å². The van der Waals surface area contributed by atoms with Crippen LogP contribution in [0.1, 0.15) is 12.0 Å². The minimum atomic E-state index is -0.465. The van der Waals surface area contributed by atoms with E-state index in [1.165, 1.54) is 0 Å². The molecule has 1 aromatic rings. The molecule has 0 amide bonds. The lowest BCUT2D eigenvalue weighted by molar-refractivity contribution is -0.147. The molecule has 2 atom stereocenters. The van der Waals surface area contributed by atoms with Crippen LogP contribution in [-0.4, -0.2) is 29.8 Å². The van der Waals surface area contributed by atoms with Gasteiger partial charge >= 0.3 is 5.97 Å². The van der Waals surface area contributed by atoms with Gasteiger partial charge in [-0.05, 0) is 6.07 Å². The summed E-state index contributed by atoms with van der Waals surface area (Å²) in [4.78, 5) is 11.6. The lowest BCUT2D eigenvalue weighted by Gasteiger charge is -2.10. The average Bonchev–Trinajstić information content (AvgIpc) is 2.74. The first-order chi connectivity index (χ1) is 8.16. The predicted molar refractivity (Wildman–Crippen MR) is 63.7 cm³/mol. The van der Waals surface area contributed by atoms with Gasteiger partial charge in [0.2, 0.25) is 0 Å². The van der Waals surface area contributed by atoms with E-state index in [4.69, 9.17) is 16.3 Å². The van der Waals surface area contributed by atoms with Crippen LogP contribution in [0.25, 0.3) is 0 Å². The van der Waals surface area contributed by atoms with E-state index in [0.29, 0.717) is 18.0 Å². The van der Waals surface area contributed by atoms with Gasteiger partial charge in [0, 0.05) is 23.6 Å². The topological polar surface area (TPSA) is 58.6 Å². The zero-order valence-electron chi connectivity index (χ0n) is 9.23. The van der Waals surface area contributed by atoms with E-state index in [9.17, 15) is 9.90 Å². The average molecular weight is 256 g/mol. The Balaban J connectivity index is 1.86. The molecule has 1 aromatic carbocycles. The van der Waals surface area contributed by atoms with E-state index in [2.05, 4.69) is 5.32 Å². The highest BCUT2D eigenvalue weighted by Crippen LogP contribution is 2.16. The number of β-amino-alcohol motifs (C(OH)–C–C–N with tert-alkyl or cyclic N) is 1. The fraction of sp³-hybridized carbons (Fsp3) is 0.417. The van der Waals surface area contributed by atoms with Crippen molar-refractivity contribution in [3.05, 3.63) is 34.9 Å². The Morgan fingerprint density at radius 2 is 2.29 bits per heavy atom. The zero-order chi connectivity index (χ0) is 12.3. The minimum Gasteiger partial charge on any atom is -0.460 e. The SMILES string of the molecule is O=C(OCc1ccccc1Cl)C1CC(O)CN1. The molecule has 1 fully saturated rings. The largest absolute Gasteiger partial charge is 0.460 e. The molecule has 0 bridgehead atoms. The second kappa shape index (κ2) is 5.49. The summed E-state index contributed by atoms with van der Waals surface area (Å²) in [6.45, 7) is 0.596. The van der Waals surface area contributed by atoms with Gasteiger partial charge in [0.15, 0.2) is 0 Å². The van der Waals surface area contributed by atoms with E-state index < -0.39 is 12.1 Å². The molecule has 17 heavy (non-hydrogen) atoms. The number of benzene rings is 1. The standard InChI is InChI=1S/C12H14ClNO3/c13-10-4-2-1-3-8(10)7-17-12(16)11-5-9(15)6-14-11/h1-4,9,11,14-15H,5-7H2. The van der Waals surface area contributed by atoms with Gasteiger partial charge in [-0.15, -0.1) is 0 Å². The van der Waals surface area contributed by atoms with Gasteiger partial charge in [0.25, 0.3) is 0 Å². The predicted octanol–water partition coefficient (Wildman–Crippen LogP) is 1.11. The summed E-state index contributed by atoms with van der Waals surface area (Å²) in [5.41, 5.74) is 0.779. The normalized spacial score (nSPS) is 23.6. The van der Waals surface area contributed by atoms with Gasteiger partial charge in [0.05, 0.1) is 6.10 Å². The van der Waals surface area contributed by atoms with Crippen LogP contribution in [0.5, 0.6) is 0 Å². The third-order valence-electron chi connectivity index (χ3n) is 2.72. The van der Waals surface area contributed by atoms with Crippen molar-refractivity contribution in [1.29, 1.82) is 0 Å². The van der Waals surface area contributed by atoms with Crippen LogP contribution < -0.4 is 5.32 Å². The summed E-state index contributed by atoms with van der Waals surface area (Å²) in [5, 5.41) is 12.8. The molecule has 0 aromatic heterocycles. The molecule has 2 rings (SSSR count). The minimum absolute atomic E-state index is 0.160. The van der Waals surface area contributed by atoms with Crippen molar-refractivity contribution < 1.29 is 14.6 Å². The Bertz CT molecular complexity index is 410. The number of ether oxygens (including phenoxy) is 1. The van der Waals surface area contributed by atoms with Crippen molar-refractivity contribution in [2.24, 2.45) is 0 Å². The van der Waals surface area contributed by atoms with Gasteiger partial charge in [-0.3, -0.25) is 4.79 Å². The summed E-state index contributed by atoms with van der Waals surface area (Å²) in [7, 11) is 0. The van der Waals surface area contributed by atoms with Crippen molar-refractivity contribution >= 4 is 17.6 Å². The molecule has 0 radical (unpaired) electrons. The third kappa shape index (κ3) is 3.19. The lowest BCUT2D eigenvalue weighted by Crippen LogP contribution is -2.32. The molecule has 4 nitrogen and oxygen atoms in total.